The van der Waals surface area contributed by atoms with Gasteiger partial charge in [-0.1, -0.05) is 342 Å². The van der Waals surface area contributed by atoms with Crippen molar-refractivity contribution in [2.24, 2.45) is 5.92 Å². The second-order valence-electron chi connectivity index (χ2n) is 23.2. The lowest BCUT2D eigenvalue weighted by atomic mass is 10.0. The Labute approximate surface area is 450 Å². The van der Waals surface area contributed by atoms with Crippen LogP contribution in [0.25, 0.3) is 0 Å². The van der Waals surface area contributed by atoms with Crippen molar-refractivity contribution in [2.45, 2.75) is 387 Å². The lowest BCUT2D eigenvalue weighted by Gasteiger charge is -2.18. The normalized spacial score (nSPS) is 12.0. The lowest BCUT2D eigenvalue weighted by Crippen LogP contribution is -2.30. The summed E-state index contributed by atoms with van der Waals surface area (Å²) in [5.74, 6) is 0.0344. The summed E-state index contributed by atoms with van der Waals surface area (Å²) >= 11 is 0. The van der Waals surface area contributed by atoms with Crippen LogP contribution in [0.4, 0.5) is 0 Å². The molecule has 0 aliphatic rings. The molecule has 0 fully saturated rings. The van der Waals surface area contributed by atoms with Gasteiger partial charge in [-0.25, -0.2) is 0 Å². The molecule has 0 N–H and O–H groups in total. The predicted octanol–water partition coefficient (Wildman–Crippen LogP) is 22.1. The summed E-state index contributed by atoms with van der Waals surface area (Å²) < 4.78 is 17.0. The minimum absolute atomic E-state index is 0.0609. The van der Waals surface area contributed by atoms with Crippen LogP contribution in [-0.4, -0.2) is 37.2 Å². The van der Waals surface area contributed by atoms with Crippen molar-refractivity contribution in [3.8, 4) is 0 Å². The zero-order valence-corrected chi connectivity index (χ0v) is 49.4. The molecule has 428 valence electrons. The van der Waals surface area contributed by atoms with Crippen molar-refractivity contribution in [1.29, 1.82) is 0 Å². The maximum Gasteiger partial charge on any atom is 0.306 e. The fourth-order valence-electron chi connectivity index (χ4n) is 10.3. The Bertz CT molecular complexity index is 1090. The average molecular weight is 1020 g/mol. The van der Waals surface area contributed by atoms with Crippen LogP contribution in [0, 0.1) is 5.92 Å². The molecular weight excluding hydrogens is 889 g/mol. The highest BCUT2D eigenvalue weighted by molar-refractivity contribution is 5.71. The molecule has 0 aromatic carbocycles. The summed E-state index contributed by atoms with van der Waals surface area (Å²) in [6.07, 6.45) is 68.2. The van der Waals surface area contributed by atoms with E-state index in [1.165, 1.54) is 276 Å². The van der Waals surface area contributed by atoms with Crippen molar-refractivity contribution in [3.63, 3.8) is 0 Å². The van der Waals surface area contributed by atoms with E-state index in [9.17, 15) is 14.4 Å². The highest BCUT2D eigenvalue weighted by Crippen LogP contribution is 2.19. The Morgan fingerprint density at radius 2 is 0.458 bits per heavy atom. The topological polar surface area (TPSA) is 78.9 Å². The summed E-state index contributed by atoms with van der Waals surface area (Å²) in [7, 11) is 0. The third kappa shape index (κ3) is 59.3. The van der Waals surface area contributed by atoms with E-state index in [4.69, 9.17) is 14.2 Å². The van der Waals surface area contributed by atoms with Gasteiger partial charge in [0.15, 0.2) is 6.10 Å². The summed E-state index contributed by atoms with van der Waals surface area (Å²) in [4.78, 5) is 38.3. The van der Waals surface area contributed by atoms with E-state index in [0.717, 1.165) is 63.7 Å². The molecule has 0 heterocycles. The first-order chi connectivity index (χ1) is 35.4. The van der Waals surface area contributed by atoms with Gasteiger partial charge in [0.2, 0.25) is 0 Å². The summed E-state index contributed by atoms with van der Waals surface area (Å²) in [5.41, 5.74) is 0. The molecule has 0 aliphatic heterocycles. The summed E-state index contributed by atoms with van der Waals surface area (Å²) in [6, 6.07) is 0. The van der Waals surface area contributed by atoms with Crippen LogP contribution in [0.1, 0.15) is 381 Å². The van der Waals surface area contributed by atoms with Crippen molar-refractivity contribution in [1.82, 2.24) is 0 Å². The average Bonchev–Trinajstić information content (AvgIpc) is 3.37. The van der Waals surface area contributed by atoms with Crippen molar-refractivity contribution < 1.29 is 28.6 Å². The molecule has 0 amide bonds. The number of ether oxygens (including phenoxy) is 3. The number of esters is 3. The van der Waals surface area contributed by atoms with Crippen LogP contribution in [0.15, 0.2) is 0 Å². The van der Waals surface area contributed by atoms with Gasteiger partial charge < -0.3 is 14.2 Å². The molecule has 0 saturated heterocycles. The maximum absolute atomic E-state index is 12.9. The number of carbonyl (C=O) groups is 3. The quantitative estimate of drug-likeness (QED) is 0.0343. The first kappa shape index (κ1) is 70.4. The number of carbonyl (C=O) groups excluding carboxylic acids is 3. The molecule has 0 aromatic heterocycles. The molecule has 0 unspecified atom stereocenters. The SMILES string of the molecule is CCCCCCCCCCCCCCCCCCCC(=O)OC[C@@H](COC(=O)CCCCCCCCCCCCCCCCCCCCC(C)C)OC(=O)CCCCCCCCCCCCCCCCCC. The zero-order chi connectivity index (χ0) is 52.3. The van der Waals surface area contributed by atoms with Crippen LogP contribution < -0.4 is 0 Å². The Kier molecular flexibility index (Phi) is 58.9. The molecule has 0 aromatic rings. The molecule has 1 atom stereocenters. The minimum Gasteiger partial charge on any atom is -0.462 e. The van der Waals surface area contributed by atoms with Gasteiger partial charge in [-0.2, -0.15) is 0 Å². The van der Waals surface area contributed by atoms with E-state index in [1.807, 2.05) is 0 Å². The van der Waals surface area contributed by atoms with E-state index in [0.29, 0.717) is 19.3 Å². The van der Waals surface area contributed by atoms with Crippen LogP contribution in [0.2, 0.25) is 0 Å². The standard InChI is InChI=1S/C66H128O6/c1-5-7-9-11-13-15-17-19-21-25-30-33-37-41-45-49-53-57-64(67)70-60-63(72-66(69)59-55-51-47-43-39-35-29-22-20-18-16-14-12-10-8-6-2)61-71-65(68)58-54-50-46-42-38-34-31-27-24-23-26-28-32-36-40-44-48-52-56-62(3)4/h62-63H,5-61H2,1-4H3/t63-/m0/s1. The molecular formula is C66H128O6. The largest absolute Gasteiger partial charge is 0.462 e. The number of hydrogen-bond donors (Lipinski definition) is 0. The van der Waals surface area contributed by atoms with Gasteiger partial charge in [-0.15, -0.1) is 0 Å². The molecule has 6 heteroatoms. The highest BCUT2D eigenvalue weighted by Gasteiger charge is 2.19. The van der Waals surface area contributed by atoms with Gasteiger partial charge in [-0.3, -0.25) is 14.4 Å². The molecule has 0 rings (SSSR count). The molecule has 0 bridgehead atoms. The smallest absolute Gasteiger partial charge is 0.306 e. The first-order valence-corrected chi connectivity index (χ1v) is 32.9. The van der Waals surface area contributed by atoms with Gasteiger partial charge >= 0.3 is 17.9 Å². The maximum atomic E-state index is 12.9. The van der Waals surface area contributed by atoms with E-state index >= 15 is 0 Å². The fourth-order valence-corrected chi connectivity index (χ4v) is 10.3. The lowest BCUT2D eigenvalue weighted by molar-refractivity contribution is -0.167. The number of unbranched alkanes of at least 4 members (excludes halogenated alkanes) is 48. The van der Waals surface area contributed by atoms with Gasteiger partial charge in [0.25, 0.3) is 0 Å². The molecule has 0 radical (unpaired) electrons. The molecule has 72 heavy (non-hydrogen) atoms. The molecule has 6 nitrogen and oxygen atoms in total. The Balaban J connectivity index is 4.26. The number of hydrogen-bond acceptors (Lipinski definition) is 6. The van der Waals surface area contributed by atoms with Gasteiger partial charge in [-0.05, 0) is 25.2 Å². The van der Waals surface area contributed by atoms with Gasteiger partial charge in [0, 0.05) is 19.3 Å². The molecule has 0 spiro atoms. The predicted molar refractivity (Wildman–Crippen MR) is 312 cm³/mol. The van der Waals surface area contributed by atoms with Crippen LogP contribution in [0.3, 0.4) is 0 Å². The summed E-state index contributed by atoms with van der Waals surface area (Å²) in [6.45, 7) is 9.11. The summed E-state index contributed by atoms with van der Waals surface area (Å²) in [5, 5.41) is 0. The van der Waals surface area contributed by atoms with E-state index in [-0.39, 0.29) is 31.1 Å². The van der Waals surface area contributed by atoms with Gasteiger partial charge in [0.1, 0.15) is 13.2 Å². The van der Waals surface area contributed by atoms with Gasteiger partial charge in [0.05, 0.1) is 0 Å². The Morgan fingerprint density at radius 1 is 0.264 bits per heavy atom. The fraction of sp³-hybridized carbons (Fsp3) is 0.955. The van der Waals surface area contributed by atoms with E-state index in [2.05, 4.69) is 27.7 Å². The van der Waals surface area contributed by atoms with Crippen molar-refractivity contribution in [2.75, 3.05) is 13.2 Å². The molecule has 0 saturated carbocycles. The zero-order valence-electron chi connectivity index (χ0n) is 49.4. The first-order valence-electron chi connectivity index (χ1n) is 32.9. The third-order valence-electron chi connectivity index (χ3n) is 15.3. The highest BCUT2D eigenvalue weighted by atomic mass is 16.6. The Hall–Kier alpha value is -1.59. The third-order valence-corrected chi connectivity index (χ3v) is 15.3. The number of rotatable bonds is 61. The second kappa shape index (κ2) is 60.3. The van der Waals surface area contributed by atoms with E-state index in [1.54, 1.807) is 0 Å². The monoisotopic (exact) mass is 1020 g/mol. The van der Waals surface area contributed by atoms with Crippen LogP contribution >= 0.6 is 0 Å². The van der Waals surface area contributed by atoms with Crippen molar-refractivity contribution in [3.05, 3.63) is 0 Å². The van der Waals surface area contributed by atoms with Crippen molar-refractivity contribution >= 4 is 17.9 Å². The van der Waals surface area contributed by atoms with Crippen LogP contribution in [-0.2, 0) is 28.6 Å². The minimum atomic E-state index is -0.763. The second-order valence-corrected chi connectivity index (χ2v) is 23.2. The molecule has 0 aliphatic carbocycles. The van der Waals surface area contributed by atoms with E-state index < -0.39 is 6.10 Å². The van der Waals surface area contributed by atoms with Crippen LogP contribution in [0.5, 0.6) is 0 Å². The Morgan fingerprint density at radius 3 is 0.681 bits per heavy atom.